The number of halogens is 12. The maximum absolute atomic E-state index is 11.0. The summed E-state index contributed by atoms with van der Waals surface area (Å²) in [4.78, 5) is -3.56. The summed E-state index contributed by atoms with van der Waals surface area (Å²) in [5, 5.41) is 0. The van der Waals surface area contributed by atoms with E-state index in [4.69, 9.17) is 0 Å². The molecular formula is C3Cl6F6. The van der Waals surface area contributed by atoms with E-state index in [9.17, 15) is 26.3 Å². The molecule has 0 atom stereocenters. The average molecular weight is 363 g/mol. The summed E-state index contributed by atoms with van der Waals surface area (Å²) in [5.74, 6) is 0. The van der Waals surface area contributed by atoms with Gasteiger partial charge >= 0.3 is 14.5 Å². The Hall–Kier alpha value is 1.32. The summed E-state index contributed by atoms with van der Waals surface area (Å²) in [5.41, 5.74) is -4.53. The molecule has 0 bridgehead atoms. The highest BCUT2D eigenvalue weighted by Crippen LogP contribution is 2.26. The highest BCUT2D eigenvalue weighted by molar-refractivity contribution is 6.66. The molecule has 0 unspecified atom stereocenters. The summed E-state index contributed by atoms with van der Waals surface area (Å²) >= 11 is 24.6. The first kappa shape index (κ1) is 21.6. The Kier molecular flexibility index (Phi) is 12.1. The van der Waals surface area contributed by atoms with Crippen molar-refractivity contribution in [3.63, 3.8) is 0 Å². The Morgan fingerprint density at radius 1 is 0.533 bits per heavy atom. The normalized spacial score (nSPS) is 12.0. The van der Waals surface area contributed by atoms with Crippen molar-refractivity contribution in [3.8, 4) is 0 Å². The second-order valence-electron chi connectivity index (χ2n) is 1.29. The van der Waals surface area contributed by atoms with E-state index in [-0.39, 0.29) is 0 Å². The van der Waals surface area contributed by atoms with Crippen molar-refractivity contribution < 1.29 is 26.3 Å². The molecular weight excluding hydrogens is 363 g/mol. The predicted octanol–water partition coefficient (Wildman–Crippen LogP) is 6.04. The molecule has 0 aliphatic carbocycles. The quantitative estimate of drug-likeness (QED) is 0.364. The lowest BCUT2D eigenvalue weighted by Crippen LogP contribution is -1.89. The van der Waals surface area contributed by atoms with Crippen LogP contribution >= 0.6 is 69.6 Å². The van der Waals surface area contributed by atoms with Gasteiger partial charge in [0.25, 0.3) is 0 Å². The fourth-order valence-electron chi connectivity index (χ4n) is 0. The fraction of sp³-hybridized carbons (Fsp3) is 1.00. The van der Waals surface area contributed by atoms with Gasteiger partial charge < -0.3 is 0 Å². The van der Waals surface area contributed by atoms with Crippen LogP contribution in [0.1, 0.15) is 0 Å². The zero-order chi connectivity index (χ0) is 13.5. The van der Waals surface area contributed by atoms with Gasteiger partial charge in [0.2, 0.25) is 0 Å². The number of hydrogen-bond donors (Lipinski definition) is 0. The smallest absolute Gasteiger partial charge is 0.189 e. The van der Waals surface area contributed by atoms with Crippen molar-refractivity contribution in [1.29, 1.82) is 0 Å². The maximum atomic E-state index is 11.0. The van der Waals surface area contributed by atoms with E-state index >= 15 is 0 Å². The predicted molar refractivity (Wildman–Crippen MR) is 50.0 cm³/mol. The first-order valence-corrected chi connectivity index (χ1v) is 4.54. The van der Waals surface area contributed by atoms with E-state index in [1.54, 1.807) is 0 Å². The van der Waals surface area contributed by atoms with Gasteiger partial charge in [0.05, 0.1) is 0 Å². The highest BCUT2D eigenvalue weighted by Gasteiger charge is 2.20. The van der Waals surface area contributed by atoms with Crippen molar-refractivity contribution in [1.82, 2.24) is 0 Å². The summed E-state index contributed by atoms with van der Waals surface area (Å²) < 4.78 is 59.9. The van der Waals surface area contributed by atoms with Crippen LogP contribution in [0.2, 0.25) is 0 Å². The molecule has 15 heavy (non-hydrogen) atoms. The molecule has 0 aromatic heterocycles. The van der Waals surface area contributed by atoms with Crippen molar-refractivity contribution in [2.24, 2.45) is 0 Å². The van der Waals surface area contributed by atoms with Crippen molar-refractivity contribution in [2.75, 3.05) is 0 Å². The third-order valence-corrected chi connectivity index (χ3v) is 0. The van der Waals surface area contributed by atoms with E-state index in [2.05, 4.69) is 69.6 Å². The molecule has 0 spiro atoms. The largest absolute Gasteiger partial charge is 0.475 e. The van der Waals surface area contributed by atoms with E-state index in [1.807, 2.05) is 0 Å². The minimum atomic E-state index is -4.53. The van der Waals surface area contributed by atoms with Gasteiger partial charge in [0.15, 0.2) is 0 Å². The molecule has 96 valence electrons. The van der Waals surface area contributed by atoms with E-state index in [0.717, 1.165) is 0 Å². The molecule has 0 aromatic rings. The van der Waals surface area contributed by atoms with Gasteiger partial charge in [-0.2, -0.15) is 26.3 Å². The SMILES string of the molecule is FC(Cl)(Cl)Cl.FC(F)(Cl)Cl.FC(F)(F)Cl. The van der Waals surface area contributed by atoms with Gasteiger partial charge in [-0.1, -0.05) is 0 Å². The minimum absolute atomic E-state index is 2.58. The third kappa shape index (κ3) is 1560. The molecule has 0 nitrogen and oxygen atoms in total. The van der Waals surface area contributed by atoms with Crippen LogP contribution in [-0.2, 0) is 0 Å². The number of alkyl halides is 12. The molecule has 0 saturated carbocycles. The summed E-state index contributed by atoms with van der Waals surface area (Å²) in [6.07, 6.45) is 0. The lowest BCUT2D eigenvalue weighted by Gasteiger charge is -1.89. The molecule has 0 rings (SSSR count). The van der Waals surface area contributed by atoms with Gasteiger partial charge in [0.1, 0.15) is 0 Å². The van der Waals surface area contributed by atoms with Crippen LogP contribution in [0.5, 0.6) is 0 Å². The molecule has 0 aromatic carbocycles. The second kappa shape index (κ2) is 8.42. The summed E-state index contributed by atoms with van der Waals surface area (Å²) in [7, 11) is 0. The topological polar surface area (TPSA) is 0 Å². The van der Waals surface area contributed by atoms with Crippen molar-refractivity contribution in [3.05, 3.63) is 0 Å². The van der Waals surface area contributed by atoms with Crippen LogP contribution < -0.4 is 0 Å². The maximum Gasteiger partial charge on any atom is 0.475 e. The average Bonchev–Trinajstić information content (AvgIpc) is 1.41. The van der Waals surface area contributed by atoms with Gasteiger partial charge in [-0.15, -0.1) is 0 Å². The molecule has 0 aliphatic rings. The first-order valence-electron chi connectivity index (χ1n) is 2.27. The van der Waals surface area contributed by atoms with Crippen LogP contribution in [0, 0.1) is 0 Å². The Morgan fingerprint density at radius 2 is 0.533 bits per heavy atom. The molecule has 0 saturated heterocycles. The van der Waals surface area contributed by atoms with Gasteiger partial charge in [-0.25, -0.2) is 0 Å². The Bertz CT molecular complexity index is 97.9. The monoisotopic (exact) mass is 360 g/mol. The standard InChI is InChI=1S/CCl3F.CCl2F2.CClF3/c3*2-1(3,4)5. The molecule has 12 heteroatoms. The first-order chi connectivity index (χ1) is 6.00. The Morgan fingerprint density at radius 3 is 0.533 bits per heavy atom. The number of hydrogen-bond acceptors (Lipinski definition) is 0. The van der Waals surface area contributed by atoms with Gasteiger partial charge in [-0.3, -0.25) is 0 Å². The Labute approximate surface area is 110 Å². The lowest BCUT2D eigenvalue weighted by atomic mass is 11.6. The zero-order valence-corrected chi connectivity index (χ0v) is 10.6. The second-order valence-corrected chi connectivity index (χ2v) is 5.00. The van der Waals surface area contributed by atoms with Crippen LogP contribution in [-0.4, -0.2) is 14.5 Å². The van der Waals surface area contributed by atoms with Crippen LogP contribution in [0.15, 0.2) is 0 Å². The van der Waals surface area contributed by atoms with Gasteiger partial charge in [0, 0.05) is 0 Å². The fourth-order valence-corrected chi connectivity index (χ4v) is 0. The molecule has 0 aliphatic heterocycles. The zero-order valence-electron chi connectivity index (χ0n) is 6.04. The molecule has 0 heterocycles. The van der Waals surface area contributed by atoms with Crippen molar-refractivity contribution >= 4 is 69.6 Å². The van der Waals surface area contributed by atoms with E-state index in [0.29, 0.717) is 0 Å². The van der Waals surface area contributed by atoms with Crippen LogP contribution in [0.4, 0.5) is 26.3 Å². The molecule has 0 N–H and O–H groups in total. The van der Waals surface area contributed by atoms with E-state index in [1.165, 1.54) is 0 Å². The molecule has 0 amide bonds. The highest BCUT2D eigenvalue weighted by atomic mass is 35.6. The molecule has 0 fully saturated rings. The summed E-state index contributed by atoms with van der Waals surface area (Å²) in [6.45, 7) is 0. The minimum Gasteiger partial charge on any atom is -0.189 e. The summed E-state index contributed by atoms with van der Waals surface area (Å²) in [6, 6.07) is 0. The lowest BCUT2D eigenvalue weighted by molar-refractivity contribution is -0.0420. The molecule has 0 radical (unpaired) electrons. The third-order valence-electron chi connectivity index (χ3n) is 0. The van der Waals surface area contributed by atoms with Crippen LogP contribution in [0.25, 0.3) is 0 Å². The van der Waals surface area contributed by atoms with Crippen LogP contribution in [0.3, 0.4) is 0 Å². The van der Waals surface area contributed by atoms with Crippen molar-refractivity contribution in [2.45, 2.75) is 14.5 Å². The van der Waals surface area contributed by atoms with E-state index < -0.39 is 14.5 Å². The number of rotatable bonds is 0. The van der Waals surface area contributed by atoms with Gasteiger partial charge in [-0.05, 0) is 69.6 Å². The Balaban J connectivity index is -0.000000144.